The van der Waals surface area contributed by atoms with Crippen molar-refractivity contribution < 1.29 is 19.4 Å². The third kappa shape index (κ3) is 6.23. The molecule has 1 saturated carbocycles. The van der Waals surface area contributed by atoms with Crippen molar-refractivity contribution in [2.45, 2.75) is 64.6 Å². The molecule has 6 nitrogen and oxygen atoms in total. The van der Waals surface area contributed by atoms with Crippen LogP contribution in [0, 0.1) is 5.92 Å². The van der Waals surface area contributed by atoms with Gasteiger partial charge in [0.25, 0.3) is 0 Å². The zero-order valence-corrected chi connectivity index (χ0v) is 12.7. The second-order valence-corrected chi connectivity index (χ2v) is 6.29. The maximum absolute atomic E-state index is 11.6. The summed E-state index contributed by atoms with van der Waals surface area (Å²) in [6.45, 7) is 7.64. The first-order valence-electron chi connectivity index (χ1n) is 7.18. The van der Waals surface area contributed by atoms with Crippen molar-refractivity contribution in [3.63, 3.8) is 0 Å². The number of hydrogen-bond acceptors (Lipinski definition) is 4. The quantitative estimate of drug-likeness (QED) is 0.663. The zero-order valence-electron chi connectivity index (χ0n) is 12.7. The van der Waals surface area contributed by atoms with Crippen LogP contribution in [-0.2, 0) is 9.53 Å². The van der Waals surface area contributed by atoms with Crippen LogP contribution in [0.15, 0.2) is 0 Å². The van der Waals surface area contributed by atoms with E-state index in [2.05, 4.69) is 10.6 Å². The highest BCUT2D eigenvalue weighted by Gasteiger charge is 2.34. The summed E-state index contributed by atoms with van der Waals surface area (Å²) in [6, 6.07) is -0.579. The second-order valence-electron chi connectivity index (χ2n) is 6.29. The van der Waals surface area contributed by atoms with Gasteiger partial charge in [-0.05, 0) is 46.0 Å². The SMILES string of the molecule is CCC(NC(CNC(=O)OC(C)(C)C)C1CC1)C(=O)O. The molecule has 0 saturated heterocycles. The van der Waals surface area contributed by atoms with E-state index >= 15 is 0 Å². The molecule has 0 aliphatic heterocycles. The fourth-order valence-corrected chi connectivity index (χ4v) is 1.99. The fourth-order valence-electron chi connectivity index (χ4n) is 1.99. The molecule has 6 heteroatoms. The maximum atomic E-state index is 11.6. The van der Waals surface area contributed by atoms with E-state index in [0.29, 0.717) is 18.9 Å². The Labute approximate surface area is 120 Å². The summed E-state index contributed by atoms with van der Waals surface area (Å²) in [5.41, 5.74) is -0.528. The van der Waals surface area contributed by atoms with Gasteiger partial charge in [0.05, 0.1) is 0 Å². The lowest BCUT2D eigenvalue weighted by molar-refractivity contribution is -0.139. The first-order chi connectivity index (χ1) is 9.23. The van der Waals surface area contributed by atoms with Crippen LogP contribution < -0.4 is 10.6 Å². The van der Waals surface area contributed by atoms with Gasteiger partial charge >= 0.3 is 12.1 Å². The molecule has 0 aromatic heterocycles. The lowest BCUT2D eigenvalue weighted by Gasteiger charge is -2.24. The van der Waals surface area contributed by atoms with E-state index in [1.54, 1.807) is 20.8 Å². The van der Waals surface area contributed by atoms with Crippen LogP contribution >= 0.6 is 0 Å². The Morgan fingerprint density at radius 2 is 1.95 bits per heavy atom. The Morgan fingerprint density at radius 1 is 1.35 bits per heavy atom. The Bertz CT molecular complexity index is 348. The molecule has 0 heterocycles. The van der Waals surface area contributed by atoms with Gasteiger partial charge in [-0.25, -0.2) is 4.79 Å². The monoisotopic (exact) mass is 286 g/mol. The van der Waals surface area contributed by atoms with E-state index < -0.39 is 23.7 Å². The maximum Gasteiger partial charge on any atom is 0.407 e. The van der Waals surface area contributed by atoms with Gasteiger partial charge < -0.3 is 15.2 Å². The van der Waals surface area contributed by atoms with Crippen molar-refractivity contribution in [1.82, 2.24) is 10.6 Å². The van der Waals surface area contributed by atoms with Gasteiger partial charge in [0.1, 0.15) is 11.6 Å². The largest absolute Gasteiger partial charge is 0.480 e. The predicted octanol–water partition coefficient (Wildman–Crippen LogP) is 1.74. The summed E-state index contributed by atoms with van der Waals surface area (Å²) >= 11 is 0. The lowest BCUT2D eigenvalue weighted by Crippen LogP contribution is -2.50. The minimum atomic E-state index is -0.851. The van der Waals surface area contributed by atoms with Crippen LogP contribution in [0.2, 0.25) is 0 Å². The highest BCUT2D eigenvalue weighted by atomic mass is 16.6. The van der Waals surface area contributed by atoms with Gasteiger partial charge in [0, 0.05) is 12.6 Å². The number of rotatable bonds is 7. The molecule has 0 spiro atoms. The summed E-state index contributed by atoms with van der Waals surface area (Å²) in [4.78, 5) is 22.7. The summed E-state index contributed by atoms with van der Waals surface area (Å²) < 4.78 is 5.17. The van der Waals surface area contributed by atoms with Crippen LogP contribution in [0.3, 0.4) is 0 Å². The molecule has 1 fully saturated rings. The number of carbonyl (C=O) groups excluding carboxylic acids is 1. The molecule has 1 aliphatic rings. The molecule has 2 atom stereocenters. The Morgan fingerprint density at radius 3 is 2.35 bits per heavy atom. The van der Waals surface area contributed by atoms with E-state index in [0.717, 1.165) is 12.8 Å². The number of alkyl carbamates (subject to hydrolysis) is 1. The summed E-state index contributed by atoms with van der Waals surface area (Å²) in [5, 5.41) is 14.9. The molecular weight excluding hydrogens is 260 g/mol. The molecule has 1 aliphatic carbocycles. The smallest absolute Gasteiger partial charge is 0.407 e. The first-order valence-corrected chi connectivity index (χ1v) is 7.18. The van der Waals surface area contributed by atoms with Crippen molar-refractivity contribution in [3.05, 3.63) is 0 Å². The standard InChI is InChI=1S/C14H26N2O4/c1-5-10(12(17)18)16-11(9-6-7-9)8-15-13(19)20-14(2,3)4/h9-11,16H,5-8H2,1-4H3,(H,15,19)(H,17,18). The molecule has 20 heavy (non-hydrogen) atoms. The van der Waals surface area contributed by atoms with Gasteiger partial charge in [-0.15, -0.1) is 0 Å². The molecule has 0 aromatic rings. The van der Waals surface area contributed by atoms with E-state index in [-0.39, 0.29) is 6.04 Å². The van der Waals surface area contributed by atoms with Crippen LogP contribution in [0.1, 0.15) is 47.0 Å². The van der Waals surface area contributed by atoms with Gasteiger partial charge in [-0.1, -0.05) is 6.92 Å². The fraction of sp³-hybridized carbons (Fsp3) is 0.857. The van der Waals surface area contributed by atoms with Gasteiger partial charge in [0.15, 0.2) is 0 Å². The topological polar surface area (TPSA) is 87.7 Å². The number of hydrogen-bond donors (Lipinski definition) is 3. The number of ether oxygens (including phenoxy) is 1. The normalized spacial score (nSPS) is 18.2. The van der Waals surface area contributed by atoms with E-state index in [1.165, 1.54) is 0 Å². The Hall–Kier alpha value is -1.30. The number of carboxylic acid groups (broad SMARTS) is 1. The minimum Gasteiger partial charge on any atom is -0.480 e. The number of amides is 1. The average Bonchev–Trinajstić information content (AvgIpc) is 3.10. The Balaban J connectivity index is 2.44. The molecule has 1 rings (SSSR count). The molecule has 0 radical (unpaired) electrons. The molecule has 2 unspecified atom stereocenters. The van der Waals surface area contributed by atoms with Gasteiger partial charge in [-0.3, -0.25) is 10.1 Å². The molecular formula is C14H26N2O4. The van der Waals surface area contributed by atoms with Crippen molar-refractivity contribution in [3.8, 4) is 0 Å². The van der Waals surface area contributed by atoms with E-state index in [4.69, 9.17) is 9.84 Å². The lowest BCUT2D eigenvalue weighted by atomic mass is 10.1. The van der Waals surface area contributed by atoms with E-state index in [9.17, 15) is 9.59 Å². The van der Waals surface area contributed by atoms with Crippen molar-refractivity contribution in [2.24, 2.45) is 5.92 Å². The number of nitrogens with one attached hydrogen (secondary N) is 2. The van der Waals surface area contributed by atoms with Crippen LogP contribution in [-0.4, -0.2) is 41.4 Å². The van der Waals surface area contributed by atoms with Crippen LogP contribution in [0.4, 0.5) is 4.79 Å². The van der Waals surface area contributed by atoms with Gasteiger partial charge in [0.2, 0.25) is 0 Å². The molecule has 3 N–H and O–H groups in total. The molecule has 116 valence electrons. The number of aliphatic carboxylic acids is 1. The molecule has 1 amide bonds. The van der Waals surface area contributed by atoms with Crippen molar-refractivity contribution >= 4 is 12.1 Å². The Kier molecular flexibility index (Phi) is 5.80. The predicted molar refractivity (Wildman–Crippen MR) is 75.6 cm³/mol. The minimum absolute atomic E-state index is 0.0106. The number of carboxylic acids is 1. The second kappa shape index (κ2) is 6.92. The highest BCUT2D eigenvalue weighted by Crippen LogP contribution is 2.32. The van der Waals surface area contributed by atoms with Crippen molar-refractivity contribution in [2.75, 3.05) is 6.54 Å². The van der Waals surface area contributed by atoms with Crippen LogP contribution in [0.25, 0.3) is 0 Å². The average molecular weight is 286 g/mol. The number of carbonyl (C=O) groups is 2. The van der Waals surface area contributed by atoms with Gasteiger partial charge in [-0.2, -0.15) is 0 Å². The summed E-state index contributed by atoms with van der Waals surface area (Å²) in [6.07, 6.45) is 2.20. The molecule has 0 bridgehead atoms. The van der Waals surface area contributed by atoms with Crippen LogP contribution in [0.5, 0.6) is 0 Å². The van der Waals surface area contributed by atoms with E-state index in [1.807, 2.05) is 6.92 Å². The van der Waals surface area contributed by atoms with Crippen molar-refractivity contribution in [1.29, 1.82) is 0 Å². The molecule has 0 aromatic carbocycles. The summed E-state index contributed by atoms with van der Waals surface area (Å²) in [5.74, 6) is -0.409. The third-order valence-electron chi connectivity index (χ3n) is 3.18. The third-order valence-corrected chi connectivity index (χ3v) is 3.18. The summed E-state index contributed by atoms with van der Waals surface area (Å²) in [7, 11) is 0. The highest BCUT2D eigenvalue weighted by molar-refractivity contribution is 5.73. The zero-order chi connectivity index (χ0) is 15.3. The first kappa shape index (κ1) is 16.8.